The number of benzene rings is 1. The van der Waals surface area contributed by atoms with Gasteiger partial charge in [-0.1, -0.05) is 0 Å². The van der Waals surface area contributed by atoms with Crippen LogP contribution in [0, 0.1) is 11.3 Å². The highest BCUT2D eigenvalue weighted by molar-refractivity contribution is 9.10. The topological polar surface area (TPSA) is 63.2 Å². The van der Waals surface area contributed by atoms with E-state index in [1.54, 1.807) is 48.5 Å². The predicted molar refractivity (Wildman–Crippen MR) is 99.6 cm³/mol. The number of hydrogen-bond donors (Lipinski definition) is 0. The molecule has 0 fully saturated rings. The molecule has 25 heavy (non-hydrogen) atoms. The average Bonchev–Trinajstić information content (AvgIpc) is 3.27. The van der Waals surface area contributed by atoms with Gasteiger partial charge in [0, 0.05) is 9.85 Å². The molecule has 0 N–H and O–H groups in total. The summed E-state index contributed by atoms with van der Waals surface area (Å²) in [5.74, 6) is 1.83. The predicted octanol–water partition coefficient (Wildman–Crippen LogP) is 5.45. The number of ether oxygens (including phenoxy) is 1. The Morgan fingerprint density at radius 1 is 1.28 bits per heavy atom. The quantitative estimate of drug-likeness (QED) is 0.398. The maximum absolute atomic E-state index is 12.0. The van der Waals surface area contributed by atoms with Crippen molar-refractivity contribution < 1.29 is 13.9 Å². The lowest BCUT2D eigenvalue weighted by Crippen LogP contribution is -1.93. The van der Waals surface area contributed by atoms with Crippen molar-refractivity contribution >= 4 is 39.1 Å². The van der Waals surface area contributed by atoms with E-state index in [0.717, 1.165) is 4.47 Å². The summed E-state index contributed by atoms with van der Waals surface area (Å²) in [6, 6.07) is 14.3. The van der Waals surface area contributed by atoms with Crippen molar-refractivity contribution in [1.29, 1.82) is 5.26 Å². The first-order valence-electron chi connectivity index (χ1n) is 7.32. The first-order valence-corrected chi connectivity index (χ1v) is 8.99. The summed E-state index contributed by atoms with van der Waals surface area (Å²) < 4.78 is 12.1. The van der Waals surface area contributed by atoms with Crippen molar-refractivity contribution in [2.24, 2.45) is 0 Å². The molecule has 0 unspecified atom stereocenters. The molecular weight excluding hydrogens is 402 g/mol. The monoisotopic (exact) mass is 413 g/mol. The first-order chi connectivity index (χ1) is 12.1. The molecule has 0 aliphatic carbocycles. The van der Waals surface area contributed by atoms with E-state index in [1.807, 2.05) is 5.38 Å². The normalized spacial score (nSPS) is 10.7. The summed E-state index contributed by atoms with van der Waals surface area (Å²) in [6.45, 7) is 0.269. The third-order valence-electron chi connectivity index (χ3n) is 3.26. The number of carbonyl (C=O) groups is 1. The van der Waals surface area contributed by atoms with Crippen LogP contribution in [-0.2, 0) is 6.61 Å². The molecule has 0 aliphatic rings. The second kappa shape index (κ2) is 7.97. The highest BCUT2D eigenvalue weighted by Gasteiger charge is 2.06. The smallest absolute Gasteiger partial charge is 0.195 e. The number of ketones is 1. The van der Waals surface area contributed by atoms with Crippen LogP contribution in [0.15, 0.2) is 62.8 Å². The number of halogens is 1. The molecule has 2 aromatic heterocycles. The summed E-state index contributed by atoms with van der Waals surface area (Å²) >= 11 is 4.72. The van der Waals surface area contributed by atoms with Gasteiger partial charge in [0.1, 0.15) is 23.9 Å². The van der Waals surface area contributed by atoms with Crippen LogP contribution in [0.3, 0.4) is 0 Å². The Labute approximate surface area is 157 Å². The first kappa shape index (κ1) is 17.2. The van der Waals surface area contributed by atoms with Crippen molar-refractivity contribution in [1.82, 2.24) is 0 Å². The molecule has 0 amide bonds. The largest absolute Gasteiger partial charge is 0.486 e. The van der Waals surface area contributed by atoms with Gasteiger partial charge in [0.15, 0.2) is 5.78 Å². The lowest BCUT2D eigenvalue weighted by atomic mass is 10.2. The molecule has 0 atom stereocenters. The molecule has 0 saturated carbocycles. The van der Waals surface area contributed by atoms with Crippen LogP contribution in [0.4, 0.5) is 0 Å². The molecule has 0 spiro atoms. The molecule has 4 nitrogen and oxygen atoms in total. The van der Waals surface area contributed by atoms with E-state index < -0.39 is 0 Å². The number of hydrogen-bond acceptors (Lipinski definition) is 5. The van der Waals surface area contributed by atoms with Gasteiger partial charge in [-0.15, -0.1) is 11.3 Å². The maximum atomic E-state index is 12.0. The van der Waals surface area contributed by atoms with Gasteiger partial charge in [0.2, 0.25) is 0 Å². The molecule has 6 heteroatoms. The van der Waals surface area contributed by atoms with Crippen LogP contribution in [0.25, 0.3) is 6.08 Å². The highest BCUT2D eigenvalue weighted by Crippen LogP contribution is 2.21. The van der Waals surface area contributed by atoms with E-state index in [4.69, 9.17) is 14.4 Å². The van der Waals surface area contributed by atoms with Gasteiger partial charge < -0.3 is 9.15 Å². The van der Waals surface area contributed by atoms with Crippen LogP contribution in [-0.4, -0.2) is 5.78 Å². The molecule has 0 saturated heterocycles. The van der Waals surface area contributed by atoms with E-state index in [0.29, 0.717) is 27.7 Å². The second-order valence-electron chi connectivity index (χ2n) is 5.06. The molecule has 3 aromatic rings. The Bertz CT molecular complexity index is 948. The zero-order valence-corrected chi connectivity index (χ0v) is 15.3. The molecule has 0 bridgehead atoms. The number of nitrogens with zero attached hydrogens (tertiary/aromatic N) is 1. The van der Waals surface area contributed by atoms with Crippen LogP contribution in [0.2, 0.25) is 0 Å². The fourth-order valence-corrected chi connectivity index (χ4v) is 3.37. The van der Waals surface area contributed by atoms with Crippen molar-refractivity contribution in [2.45, 2.75) is 6.61 Å². The van der Waals surface area contributed by atoms with Crippen molar-refractivity contribution in [3.8, 4) is 11.8 Å². The van der Waals surface area contributed by atoms with E-state index in [9.17, 15) is 4.79 Å². The zero-order chi connectivity index (χ0) is 17.6. The Morgan fingerprint density at radius 3 is 2.76 bits per heavy atom. The fraction of sp³-hybridized carbons (Fsp3) is 0.0526. The van der Waals surface area contributed by atoms with Gasteiger partial charge in [0.25, 0.3) is 0 Å². The number of rotatable bonds is 6. The number of allylic oxidation sites excluding steroid dienone is 1. The minimum Gasteiger partial charge on any atom is -0.486 e. The average molecular weight is 414 g/mol. The summed E-state index contributed by atoms with van der Waals surface area (Å²) in [5, 5.41) is 10.6. The number of furan rings is 1. The third-order valence-corrected chi connectivity index (χ3v) is 4.96. The third kappa shape index (κ3) is 4.69. The Hall–Kier alpha value is -2.62. The van der Waals surface area contributed by atoms with Gasteiger partial charge in [-0.25, -0.2) is 0 Å². The molecule has 3 rings (SSSR count). The van der Waals surface area contributed by atoms with E-state index in [2.05, 4.69) is 22.0 Å². The molecule has 0 aliphatic heterocycles. The Balaban J connectivity index is 1.57. The molecule has 2 heterocycles. The van der Waals surface area contributed by atoms with E-state index in [1.165, 1.54) is 17.4 Å². The number of carbonyl (C=O) groups excluding carboxylic acids is 1. The molecule has 0 radical (unpaired) electrons. The zero-order valence-electron chi connectivity index (χ0n) is 12.9. The molecule has 124 valence electrons. The van der Waals surface area contributed by atoms with Crippen molar-refractivity contribution in [3.63, 3.8) is 0 Å². The Kier molecular flexibility index (Phi) is 5.49. The minimum absolute atomic E-state index is 0.0671. The number of nitriles is 1. The van der Waals surface area contributed by atoms with Crippen LogP contribution >= 0.6 is 27.3 Å². The van der Waals surface area contributed by atoms with Crippen LogP contribution in [0.1, 0.15) is 26.8 Å². The van der Waals surface area contributed by atoms with Crippen molar-refractivity contribution in [2.75, 3.05) is 0 Å². The summed E-state index contributed by atoms with van der Waals surface area (Å²) in [4.78, 5) is 12.7. The highest BCUT2D eigenvalue weighted by atomic mass is 79.9. The lowest BCUT2D eigenvalue weighted by molar-refractivity contribution is 0.105. The van der Waals surface area contributed by atoms with Crippen molar-refractivity contribution in [3.05, 3.63) is 80.4 Å². The second-order valence-corrected chi connectivity index (χ2v) is 6.88. The SMILES string of the molecule is N#Cc1ccc(OCc2ccc(/C=C/C(=O)c3cc(Br)cs3)o2)cc1. The fourth-order valence-electron chi connectivity index (χ4n) is 2.02. The van der Waals surface area contributed by atoms with Gasteiger partial charge in [-0.2, -0.15) is 5.26 Å². The number of thiophene rings is 1. The van der Waals surface area contributed by atoms with Gasteiger partial charge in [0.05, 0.1) is 16.5 Å². The van der Waals surface area contributed by atoms with E-state index in [-0.39, 0.29) is 12.4 Å². The van der Waals surface area contributed by atoms with Crippen LogP contribution < -0.4 is 4.74 Å². The summed E-state index contributed by atoms with van der Waals surface area (Å²) in [7, 11) is 0. The van der Waals surface area contributed by atoms with Crippen LogP contribution in [0.5, 0.6) is 5.75 Å². The summed E-state index contributed by atoms with van der Waals surface area (Å²) in [6.07, 6.45) is 3.13. The molecule has 1 aromatic carbocycles. The van der Waals surface area contributed by atoms with Gasteiger partial charge >= 0.3 is 0 Å². The standard InChI is InChI=1S/C19H12BrNO3S/c20-14-9-19(25-12-14)18(22)8-7-16-5-6-17(24-16)11-23-15-3-1-13(10-21)2-4-15/h1-9,12H,11H2/b8-7+. The lowest BCUT2D eigenvalue weighted by Gasteiger charge is -2.03. The summed E-state index contributed by atoms with van der Waals surface area (Å²) in [5.41, 5.74) is 0.584. The minimum atomic E-state index is -0.0671. The molecular formula is C19H12BrNO3S. The van der Waals surface area contributed by atoms with Gasteiger partial charge in [-0.3, -0.25) is 4.79 Å². The Morgan fingerprint density at radius 2 is 2.08 bits per heavy atom. The maximum Gasteiger partial charge on any atom is 0.195 e. The van der Waals surface area contributed by atoms with E-state index >= 15 is 0 Å². The van der Waals surface area contributed by atoms with Gasteiger partial charge in [-0.05, 0) is 70.5 Å².